The summed E-state index contributed by atoms with van der Waals surface area (Å²) < 4.78 is 88.0. The topological polar surface area (TPSA) is 56.8 Å². The van der Waals surface area contributed by atoms with Gasteiger partial charge in [-0.25, -0.2) is 9.13 Å². The lowest BCUT2D eigenvalue weighted by molar-refractivity contribution is -0.777. The van der Waals surface area contributed by atoms with Crippen molar-refractivity contribution in [1.82, 2.24) is 4.57 Å². The van der Waals surface area contributed by atoms with Crippen LogP contribution in [0.25, 0.3) is 17.1 Å². The van der Waals surface area contributed by atoms with E-state index in [1.165, 1.54) is 30.3 Å². The Balaban J connectivity index is 0.000000322. The molecular weight excluding hydrogens is 728 g/mol. The lowest BCUT2D eigenvalue weighted by Gasteiger charge is -2.24. The van der Waals surface area contributed by atoms with Gasteiger partial charge in [0.15, 0.2) is 17.6 Å². The minimum absolute atomic E-state index is 0.0466. The van der Waals surface area contributed by atoms with Crippen LogP contribution in [0.4, 0.5) is 37.7 Å². The van der Waals surface area contributed by atoms with E-state index in [4.69, 9.17) is 46.4 Å². The molecule has 3 aromatic carbocycles. The van der Waals surface area contributed by atoms with Crippen LogP contribution >= 0.6 is 58.4 Å². The number of hydrogen-bond acceptors (Lipinski definition) is 6. The van der Waals surface area contributed by atoms with E-state index in [0.29, 0.717) is 11.2 Å². The van der Waals surface area contributed by atoms with E-state index in [-0.39, 0.29) is 56.0 Å². The molecule has 7 nitrogen and oxygen atoms in total. The summed E-state index contributed by atoms with van der Waals surface area (Å²) in [5.41, 5.74) is 2.21. The molecule has 18 heteroatoms. The van der Waals surface area contributed by atoms with Gasteiger partial charge in [-0.3, -0.25) is 5.04 Å². The molecule has 2 aliphatic heterocycles. The third-order valence-electron chi connectivity index (χ3n) is 6.96. The Morgan fingerprint density at radius 1 is 0.848 bits per heavy atom. The lowest BCUT2D eigenvalue weighted by atomic mass is 10.2. The number of benzene rings is 3. The number of nitrogens with zero attached hydrogens (tertiary/aromatic N) is 4. The molecule has 46 heavy (non-hydrogen) atoms. The number of anilines is 2. The number of fused-ring (bicyclic) bond motifs is 6. The quantitative estimate of drug-likeness (QED) is 0.0671. The van der Waals surface area contributed by atoms with Crippen molar-refractivity contribution in [3.63, 3.8) is 0 Å². The number of aryl methyl sites for hydroxylation is 1. The molecule has 0 unspecified atom stereocenters. The van der Waals surface area contributed by atoms with Gasteiger partial charge in [-0.2, -0.15) is 30.7 Å². The molecule has 246 valence electrons. The summed E-state index contributed by atoms with van der Waals surface area (Å²) in [6, 6.07) is 13.1. The van der Waals surface area contributed by atoms with Gasteiger partial charge < -0.3 is 15.1 Å². The summed E-state index contributed by atoms with van der Waals surface area (Å²) in [6.45, 7) is -0.476. The Morgan fingerprint density at radius 3 is 2.04 bits per heavy atom. The summed E-state index contributed by atoms with van der Waals surface area (Å²) in [7, 11) is 0. The fourth-order valence-electron chi connectivity index (χ4n) is 5.14. The number of halogens is 10. The average Bonchev–Trinajstić information content (AvgIpc) is 3.26. The standard InChI is InChI=1S/C21H13Cl4F6N4.C7H8O3S/c22-10-3-14-16(5-12(10)24)34(8-20(26,27)28)18-7-19-33(2-1-32(14)18)15-4-11(23)13(25)6-17(15)35(19)9-21(29,30)31;1-6-2-4-7(5-3-6)11-10-9-8/h3-7H,1-2,8-9H2;2-5,8H,1H3/q+1;/p-1. The smallest absolute Gasteiger partial charge is 0.426 e. The molecule has 0 bridgehead atoms. The van der Waals surface area contributed by atoms with E-state index >= 15 is 0 Å². The van der Waals surface area contributed by atoms with Crippen molar-refractivity contribution in [2.24, 2.45) is 0 Å². The number of alkyl halides is 6. The first-order valence-electron chi connectivity index (χ1n) is 13.1. The second-order valence-electron chi connectivity index (χ2n) is 10.1. The molecule has 0 radical (unpaired) electrons. The predicted octanol–water partition coefficient (Wildman–Crippen LogP) is 8.53. The van der Waals surface area contributed by atoms with Crippen molar-refractivity contribution < 1.29 is 45.5 Å². The van der Waals surface area contributed by atoms with E-state index in [1.807, 2.05) is 31.2 Å². The highest BCUT2D eigenvalue weighted by molar-refractivity contribution is 7.94. The normalized spacial score (nSPS) is 14.4. The van der Waals surface area contributed by atoms with Crippen LogP contribution in [0.2, 0.25) is 20.1 Å². The molecule has 0 saturated carbocycles. The van der Waals surface area contributed by atoms with Gasteiger partial charge in [0.2, 0.25) is 0 Å². The SMILES string of the molecule is Cc1ccc(SOO[O-])cc1.FC(F)(F)CN1C2=Cc3n(CC(F)(F)F)c4cc(Cl)c(Cl)cc4[n+]3CCN2c2cc(Cl)c(Cl)cc21. The molecule has 0 atom stereocenters. The van der Waals surface area contributed by atoms with Crippen LogP contribution in [0, 0.1) is 6.92 Å². The third-order valence-corrected chi connectivity index (χ3v) is 9.00. The second kappa shape index (κ2) is 13.5. The summed E-state index contributed by atoms with van der Waals surface area (Å²) in [6.07, 6.45) is -7.92. The summed E-state index contributed by atoms with van der Waals surface area (Å²) in [5.74, 6) is 0.0932. The van der Waals surface area contributed by atoms with Crippen LogP contribution in [0.5, 0.6) is 0 Å². The van der Waals surface area contributed by atoms with E-state index in [9.17, 15) is 31.6 Å². The molecule has 0 aliphatic carbocycles. The monoisotopic (exact) mass is 746 g/mol. The Kier molecular flexibility index (Phi) is 10.2. The fraction of sp³-hybridized carbons (Fsp3) is 0.250. The van der Waals surface area contributed by atoms with Crippen molar-refractivity contribution in [2.45, 2.75) is 37.3 Å². The van der Waals surface area contributed by atoms with E-state index in [2.05, 4.69) is 9.37 Å². The largest absolute Gasteiger partial charge is 0.691 e. The average molecular weight is 748 g/mol. The predicted molar refractivity (Wildman–Crippen MR) is 163 cm³/mol. The molecule has 1 aromatic heterocycles. The van der Waals surface area contributed by atoms with Crippen molar-refractivity contribution in [2.75, 3.05) is 22.9 Å². The lowest BCUT2D eigenvalue weighted by Crippen LogP contribution is -2.40. The molecule has 0 N–H and O–H groups in total. The summed E-state index contributed by atoms with van der Waals surface area (Å²) >= 11 is 25.3. The van der Waals surface area contributed by atoms with Crippen LogP contribution < -0.4 is 19.6 Å². The summed E-state index contributed by atoms with van der Waals surface area (Å²) in [5, 5.41) is 13.0. The maximum atomic E-state index is 13.6. The van der Waals surface area contributed by atoms with E-state index < -0.39 is 25.4 Å². The highest BCUT2D eigenvalue weighted by Gasteiger charge is 2.43. The van der Waals surface area contributed by atoms with Crippen molar-refractivity contribution in [3.8, 4) is 0 Å². The van der Waals surface area contributed by atoms with Crippen molar-refractivity contribution in [3.05, 3.63) is 85.8 Å². The molecule has 0 spiro atoms. The summed E-state index contributed by atoms with van der Waals surface area (Å²) in [4.78, 5) is 3.40. The third kappa shape index (κ3) is 7.60. The number of hydrogen-bond donors (Lipinski definition) is 0. The van der Waals surface area contributed by atoms with Crippen LogP contribution in [0.1, 0.15) is 11.4 Å². The Bertz CT molecular complexity index is 1800. The first-order chi connectivity index (χ1) is 21.6. The maximum Gasteiger partial charge on any atom is 0.426 e. The number of rotatable bonds is 5. The van der Waals surface area contributed by atoms with Crippen LogP contribution in [-0.4, -0.2) is 30.0 Å². The minimum atomic E-state index is -4.61. The molecule has 4 aromatic rings. The number of aromatic nitrogens is 2. The molecule has 0 fully saturated rings. The van der Waals surface area contributed by atoms with Gasteiger partial charge in [-0.15, -0.1) is 0 Å². The van der Waals surface area contributed by atoms with Gasteiger partial charge in [0.1, 0.15) is 18.9 Å². The molecule has 3 heterocycles. The highest BCUT2D eigenvalue weighted by atomic mass is 35.5. The van der Waals surface area contributed by atoms with Gasteiger partial charge in [-0.1, -0.05) is 64.1 Å². The van der Waals surface area contributed by atoms with E-state index in [1.54, 1.807) is 9.47 Å². The first-order valence-corrected chi connectivity index (χ1v) is 15.3. The van der Waals surface area contributed by atoms with Gasteiger partial charge in [-0.05, 0) is 31.2 Å². The van der Waals surface area contributed by atoms with E-state index in [0.717, 1.165) is 32.0 Å². The van der Waals surface area contributed by atoms with Gasteiger partial charge >= 0.3 is 12.4 Å². The van der Waals surface area contributed by atoms with Crippen LogP contribution in [-0.2, 0) is 22.5 Å². The molecule has 0 saturated heterocycles. The Morgan fingerprint density at radius 2 is 1.43 bits per heavy atom. The molecule has 6 rings (SSSR count). The van der Waals surface area contributed by atoms with Crippen LogP contribution in [0.15, 0.2) is 59.2 Å². The Hall–Kier alpha value is -2.56. The zero-order valence-corrected chi connectivity index (χ0v) is 27.1. The molecule has 2 aliphatic rings. The minimum Gasteiger partial charge on any atom is -0.691 e. The van der Waals surface area contributed by atoms with Crippen molar-refractivity contribution >= 4 is 86.9 Å². The van der Waals surface area contributed by atoms with Gasteiger partial charge in [0.05, 0.1) is 56.1 Å². The number of imidazole rings is 1. The van der Waals surface area contributed by atoms with Crippen LogP contribution in [0.3, 0.4) is 0 Å². The second-order valence-corrected chi connectivity index (χ2v) is 12.5. The fourth-order valence-corrected chi connectivity index (χ4v) is 6.12. The molecule has 0 amide bonds. The zero-order chi connectivity index (χ0) is 33.6. The highest BCUT2D eigenvalue weighted by Crippen LogP contribution is 2.47. The van der Waals surface area contributed by atoms with Gasteiger partial charge in [0.25, 0.3) is 5.82 Å². The molecular formula is C28H20Cl4F6N4O3S. The Labute approximate surface area is 282 Å². The maximum absolute atomic E-state index is 13.6. The van der Waals surface area contributed by atoms with Crippen molar-refractivity contribution in [1.29, 1.82) is 0 Å². The van der Waals surface area contributed by atoms with Gasteiger partial charge in [0, 0.05) is 17.0 Å². The first kappa shape index (κ1) is 34.8. The zero-order valence-electron chi connectivity index (χ0n) is 23.2.